The molecule has 0 spiro atoms. The van der Waals surface area contributed by atoms with Crippen molar-refractivity contribution in [3.05, 3.63) is 29.4 Å². The number of hydrogen-bond acceptors (Lipinski definition) is 8. The number of aryl methyl sites for hydroxylation is 1. The summed E-state index contributed by atoms with van der Waals surface area (Å²) < 4.78 is 0. The maximum atomic E-state index is 11.2. The average molecular weight is 388 g/mol. The number of thiazole rings is 2. The molecule has 0 unspecified atom stereocenters. The van der Waals surface area contributed by atoms with E-state index in [0.29, 0.717) is 16.1 Å². The van der Waals surface area contributed by atoms with Gasteiger partial charge in [-0.25, -0.2) is 15.0 Å². The van der Waals surface area contributed by atoms with E-state index in [1.54, 1.807) is 12.3 Å². The summed E-state index contributed by atoms with van der Waals surface area (Å²) in [7, 11) is 0. The predicted octanol–water partition coefficient (Wildman–Crippen LogP) is 3.63. The van der Waals surface area contributed by atoms with Crippen molar-refractivity contribution in [3.8, 4) is 10.6 Å². The van der Waals surface area contributed by atoms with Gasteiger partial charge in [-0.15, -0.1) is 11.3 Å². The number of pyridine rings is 1. The molecule has 3 N–H and O–H groups in total. The van der Waals surface area contributed by atoms with E-state index in [1.165, 1.54) is 36.5 Å². The SMILES string of the molecule is CC(=O)Nc1ccc(Nc2nc(-c3sc(NC(C)=O)nc3C)cs2)cn1. The summed E-state index contributed by atoms with van der Waals surface area (Å²) in [5, 5.41) is 11.7. The molecule has 0 radical (unpaired) electrons. The Kier molecular flexibility index (Phi) is 5.24. The Balaban J connectivity index is 1.73. The summed E-state index contributed by atoms with van der Waals surface area (Å²) in [4.78, 5) is 36.2. The molecule has 134 valence electrons. The molecular weight excluding hydrogens is 372 g/mol. The molecule has 0 bridgehead atoms. The highest BCUT2D eigenvalue weighted by Gasteiger charge is 2.14. The van der Waals surface area contributed by atoms with Crippen LogP contribution in [-0.4, -0.2) is 26.8 Å². The van der Waals surface area contributed by atoms with Crippen LogP contribution in [0, 0.1) is 6.92 Å². The van der Waals surface area contributed by atoms with E-state index in [0.717, 1.165) is 22.0 Å². The molecule has 0 fully saturated rings. The fourth-order valence-corrected chi connectivity index (χ4v) is 3.89. The molecule has 0 aromatic carbocycles. The number of anilines is 4. The average Bonchev–Trinajstić information content (AvgIpc) is 3.14. The van der Waals surface area contributed by atoms with Crippen molar-refractivity contribution in [3.63, 3.8) is 0 Å². The topological polar surface area (TPSA) is 109 Å². The Morgan fingerprint density at radius 3 is 2.46 bits per heavy atom. The van der Waals surface area contributed by atoms with Crippen LogP contribution in [0.2, 0.25) is 0 Å². The number of carbonyl (C=O) groups excluding carboxylic acids is 2. The minimum absolute atomic E-state index is 0.152. The molecule has 3 rings (SSSR count). The van der Waals surface area contributed by atoms with Crippen molar-refractivity contribution < 1.29 is 9.59 Å². The van der Waals surface area contributed by atoms with Gasteiger partial charge >= 0.3 is 0 Å². The molecule has 8 nitrogen and oxygen atoms in total. The number of carbonyl (C=O) groups is 2. The molecule has 2 amide bonds. The van der Waals surface area contributed by atoms with Gasteiger partial charge in [0.1, 0.15) is 5.82 Å². The Morgan fingerprint density at radius 1 is 1.04 bits per heavy atom. The van der Waals surface area contributed by atoms with Gasteiger partial charge in [-0.1, -0.05) is 11.3 Å². The van der Waals surface area contributed by atoms with E-state index in [2.05, 4.69) is 30.9 Å². The molecule has 3 heterocycles. The summed E-state index contributed by atoms with van der Waals surface area (Å²) in [6, 6.07) is 3.53. The molecule has 0 atom stereocenters. The molecule has 0 saturated carbocycles. The van der Waals surface area contributed by atoms with Crippen LogP contribution in [0.15, 0.2) is 23.7 Å². The first kappa shape index (κ1) is 18.0. The van der Waals surface area contributed by atoms with E-state index in [-0.39, 0.29) is 11.8 Å². The zero-order valence-electron chi connectivity index (χ0n) is 14.3. The summed E-state index contributed by atoms with van der Waals surface area (Å²) >= 11 is 2.85. The number of rotatable bonds is 5. The summed E-state index contributed by atoms with van der Waals surface area (Å²) in [5.74, 6) is 0.177. The van der Waals surface area contributed by atoms with Crippen molar-refractivity contribution in [2.75, 3.05) is 16.0 Å². The zero-order valence-corrected chi connectivity index (χ0v) is 15.9. The Hall–Kier alpha value is -2.85. The highest BCUT2D eigenvalue weighted by molar-refractivity contribution is 7.20. The van der Waals surface area contributed by atoms with E-state index in [1.807, 2.05) is 18.4 Å². The van der Waals surface area contributed by atoms with Gasteiger partial charge in [0.15, 0.2) is 10.3 Å². The minimum Gasteiger partial charge on any atom is -0.330 e. The largest absolute Gasteiger partial charge is 0.330 e. The molecule has 10 heteroatoms. The molecular formula is C16H16N6O2S2. The maximum absolute atomic E-state index is 11.2. The van der Waals surface area contributed by atoms with Crippen LogP contribution in [0.5, 0.6) is 0 Å². The first-order valence-electron chi connectivity index (χ1n) is 7.62. The van der Waals surface area contributed by atoms with E-state index >= 15 is 0 Å². The van der Waals surface area contributed by atoms with Gasteiger partial charge in [0.05, 0.1) is 28.1 Å². The van der Waals surface area contributed by atoms with Crippen LogP contribution < -0.4 is 16.0 Å². The third-order valence-electron chi connectivity index (χ3n) is 3.14. The molecule has 0 aliphatic carbocycles. The second-order valence-electron chi connectivity index (χ2n) is 5.39. The predicted molar refractivity (Wildman–Crippen MR) is 104 cm³/mol. The van der Waals surface area contributed by atoms with Crippen LogP contribution in [0.25, 0.3) is 10.6 Å². The lowest BCUT2D eigenvalue weighted by atomic mass is 10.3. The van der Waals surface area contributed by atoms with Crippen LogP contribution in [0.1, 0.15) is 19.5 Å². The monoisotopic (exact) mass is 388 g/mol. The fourth-order valence-electron chi connectivity index (χ4n) is 2.12. The van der Waals surface area contributed by atoms with Gasteiger partial charge in [-0.2, -0.15) is 0 Å². The van der Waals surface area contributed by atoms with E-state index in [4.69, 9.17) is 0 Å². The van der Waals surface area contributed by atoms with Crippen molar-refractivity contribution in [2.45, 2.75) is 20.8 Å². The molecule has 3 aromatic rings. The van der Waals surface area contributed by atoms with Gasteiger partial charge in [0.2, 0.25) is 11.8 Å². The van der Waals surface area contributed by atoms with Gasteiger partial charge in [0, 0.05) is 19.2 Å². The Bertz CT molecular complexity index is 948. The number of hydrogen-bond donors (Lipinski definition) is 3. The van der Waals surface area contributed by atoms with Crippen molar-refractivity contribution in [1.82, 2.24) is 15.0 Å². The standard InChI is InChI=1S/C16H16N6O2S2/c1-8-14(26-16(18-8)20-10(3)24)12-7-25-15(22-12)21-11-4-5-13(17-6-11)19-9(2)23/h4-7H,1-3H3,(H,21,22)(H,17,19,23)(H,18,20,24). The number of nitrogens with zero attached hydrogens (tertiary/aromatic N) is 3. The third-order valence-corrected chi connectivity index (χ3v) is 4.99. The summed E-state index contributed by atoms with van der Waals surface area (Å²) in [5.41, 5.74) is 2.38. The lowest BCUT2D eigenvalue weighted by Crippen LogP contribution is -2.07. The molecule has 0 saturated heterocycles. The van der Waals surface area contributed by atoms with Crippen molar-refractivity contribution in [1.29, 1.82) is 0 Å². The van der Waals surface area contributed by atoms with E-state index < -0.39 is 0 Å². The molecule has 3 aromatic heterocycles. The molecule has 0 aliphatic rings. The van der Waals surface area contributed by atoms with Gasteiger partial charge in [-0.3, -0.25) is 9.59 Å². The van der Waals surface area contributed by atoms with Crippen molar-refractivity contribution >= 4 is 56.3 Å². The Morgan fingerprint density at radius 2 is 1.81 bits per heavy atom. The highest BCUT2D eigenvalue weighted by atomic mass is 32.1. The minimum atomic E-state index is -0.165. The third kappa shape index (κ3) is 4.41. The van der Waals surface area contributed by atoms with Crippen LogP contribution in [-0.2, 0) is 9.59 Å². The molecule has 0 aliphatic heterocycles. The number of nitrogens with one attached hydrogen (secondary N) is 3. The highest BCUT2D eigenvalue weighted by Crippen LogP contribution is 2.35. The van der Waals surface area contributed by atoms with Gasteiger partial charge in [0.25, 0.3) is 0 Å². The van der Waals surface area contributed by atoms with Crippen LogP contribution in [0.3, 0.4) is 0 Å². The normalized spacial score (nSPS) is 10.4. The maximum Gasteiger partial charge on any atom is 0.223 e. The van der Waals surface area contributed by atoms with Crippen LogP contribution in [0.4, 0.5) is 21.8 Å². The second kappa shape index (κ2) is 7.58. The zero-order chi connectivity index (χ0) is 18.7. The lowest BCUT2D eigenvalue weighted by molar-refractivity contribution is -0.115. The molecule has 26 heavy (non-hydrogen) atoms. The smallest absolute Gasteiger partial charge is 0.223 e. The quantitative estimate of drug-likeness (QED) is 0.616. The number of amides is 2. The lowest BCUT2D eigenvalue weighted by Gasteiger charge is -2.04. The summed E-state index contributed by atoms with van der Waals surface area (Å²) in [6.45, 7) is 4.77. The first-order valence-corrected chi connectivity index (χ1v) is 9.32. The first-order chi connectivity index (χ1) is 12.4. The van der Waals surface area contributed by atoms with Crippen molar-refractivity contribution in [2.24, 2.45) is 0 Å². The Labute approximate surface area is 157 Å². The number of aromatic nitrogens is 3. The fraction of sp³-hybridized carbons (Fsp3) is 0.188. The van der Waals surface area contributed by atoms with Gasteiger partial charge < -0.3 is 16.0 Å². The summed E-state index contributed by atoms with van der Waals surface area (Å²) in [6.07, 6.45) is 1.62. The second-order valence-corrected chi connectivity index (χ2v) is 7.25. The van der Waals surface area contributed by atoms with E-state index in [9.17, 15) is 9.59 Å². The van der Waals surface area contributed by atoms with Gasteiger partial charge in [-0.05, 0) is 19.1 Å². The van der Waals surface area contributed by atoms with Crippen LogP contribution >= 0.6 is 22.7 Å².